The number of anilines is 1. The van der Waals surface area contributed by atoms with Crippen LogP contribution in [0.2, 0.25) is 5.02 Å². The van der Waals surface area contributed by atoms with Gasteiger partial charge in [-0.25, -0.2) is 0 Å². The summed E-state index contributed by atoms with van der Waals surface area (Å²) in [6.07, 6.45) is 2.94. The van der Waals surface area contributed by atoms with Crippen molar-refractivity contribution in [2.75, 3.05) is 26.0 Å². The van der Waals surface area contributed by atoms with Crippen molar-refractivity contribution >= 4 is 35.2 Å². The Labute approximate surface area is 182 Å². The average Bonchev–Trinajstić information content (AvgIpc) is 2.69. The van der Waals surface area contributed by atoms with Crippen LogP contribution < -0.4 is 14.8 Å². The number of nitrogens with one attached hydrogen (secondary N) is 1. The molecule has 0 aliphatic carbocycles. The van der Waals surface area contributed by atoms with Crippen molar-refractivity contribution in [2.45, 2.75) is 26.9 Å². The second-order valence-electron chi connectivity index (χ2n) is 7.14. The van der Waals surface area contributed by atoms with Gasteiger partial charge in [0.1, 0.15) is 0 Å². The molecule has 30 heavy (non-hydrogen) atoms. The Morgan fingerprint density at radius 1 is 1.20 bits per heavy atom. The van der Waals surface area contributed by atoms with Crippen LogP contribution in [-0.2, 0) is 9.59 Å². The zero-order chi connectivity index (χ0) is 22.3. The third kappa shape index (κ3) is 6.81. The standard InChI is InChI=1S/C23H27ClN2O4/c1-15(2)30-23-19(24)12-17(13-20(23)29-5)8-11-22(28)26(4)14-21(27)25-18-9-6-16(3)7-10-18/h6-13,15H,14H2,1-5H3,(H,25,27). The number of ether oxygens (including phenoxy) is 2. The maximum Gasteiger partial charge on any atom is 0.246 e. The molecule has 0 atom stereocenters. The first kappa shape index (κ1) is 23.3. The van der Waals surface area contributed by atoms with E-state index in [0.717, 1.165) is 5.56 Å². The van der Waals surface area contributed by atoms with Gasteiger partial charge >= 0.3 is 0 Å². The lowest BCUT2D eigenvalue weighted by Crippen LogP contribution is -2.33. The molecule has 0 aliphatic heterocycles. The summed E-state index contributed by atoms with van der Waals surface area (Å²) in [5.41, 5.74) is 2.47. The van der Waals surface area contributed by atoms with Crippen molar-refractivity contribution in [1.82, 2.24) is 4.90 Å². The Hall–Kier alpha value is -2.99. The van der Waals surface area contributed by atoms with Crippen LogP contribution in [0.15, 0.2) is 42.5 Å². The lowest BCUT2D eigenvalue weighted by molar-refractivity contribution is -0.129. The normalized spacial score (nSPS) is 10.9. The highest BCUT2D eigenvalue weighted by atomic mass is 35.5. The van der Waals surface area contributed by atoms with Crippen LogP contribution in [-0.4, -0.2) is 43.5 Å². The van der Waals surface area contributed by atoms with Gasteiger partial charge in [0.25, 0.3) is 0 Å². The number of rotatable bonds is 8. The minimum absolute atomic E-state index is 0.0564. The average molecular weight is 431 g/mol. The maximum atomic E-state index is 12.4. The summed E-state index contributed by atoms with van der Waals surface area (Å²) in [5, 5.41) is 3.16. The predicted octanol–water partition coefficient (Wildman–Crippen LogP) is 4.55. The summed E-state index contributed by atoms with van der Waals surface area (Å²) in [5.74, 6) is 0.353. The molecule has 2 aromatic carbocycles. The number of benzene rings is 2. The topological polar surface area (TPSA) is 67.9 Å². The SMILES string of the molecule is COc1cc(C=CC(=O)N(C)CC(=O)Nc2ccc(C)cc2)cc(Cl)c1OC(C)C. The molecule has 2 rings (SSSR count). The lowest BCUT2D eigenvalue weighted by atomic mass is 10.1. The molecule has 1 N–H and O–H groups in total. The molecular weight excluding hydrogens is 404 g/mol. The summed E-state index contributed by atoms with van der Waals surface area (Å²) in [7, 11) is 3.09. The molecule has 0 aromatic heterocycles. The number of hydrogen-bond donors (Lipinski definition) is 1. The Balaban J connectivity index is 2.01. The second-order valence-corrected chi connectivity index (χ2v) is 7.55. The van der Waals surface area contributed by atoms with Gasteiger partial charge in [-0.15, -0.1) is 0 Å². The van der Waals surface area contributed by atoms with E-state index in [1.807, 2.05) is 45.0 Å². The molecule has 7 heteroatoms. The quantitative estimate of drug-likeness (QED) is 0.623. The molecule has 160 valence electrons. The maximum absolute atomic E-state index is 12.4. The van der Waals surface area contributed by atoms with E-state index in [0.29, 0.717) is 27.8 Å². The van der Waals surface area contributed by atoms with Gasteiger partial charge in [0, 0.05) is 18.8 Å². The number of hydrogen-bond acceptors (Lipinski definition) is 4. The van der Waals surface area contributed by atoms with E-state index in [-0.39, 0.29) is 24.5 Å². The third-order valence-electron chi connectivity index (χ3n) is 4.12. The van der Waals surface area contributed by atoms with E-state index < -0.39 is 0 Å². The molecular formula is C23H27ClN2O4. The molecule has 0 bridgehead atoms. The number of likely N-dealkylation sites (N-methyl/N-ethyl adjacent to an activating group) is 1. The van der Waals surface area contributed by atoms with Crippen molar-refractivity contribution in [3.05, 3.63) is 58.6 Å². The predicted molar refractivity (Wildman–Crippen MR) is 120 cm³/mol. The highest BCUT2D eigenvalue weighted by Crippen LogP contribution is 2.37. The van der Waals surface area contributed by atoms with Gasteiger partial charge in [-0.2, -0.15) is 0 Å². The van der Waals surface area contributed by atoms with Gasteiger partial charge in [0.05, 0.1) is 24.8 Å². The summed E-state index contributed by atoms with van der Waals surface area (Å²) in [6.45, 7) is 5.69. The fourth-order valence-corrected chi connectivity index (χ4v) is 2.88. The largest absolute Gasteiger partial charge is 0.493 e. The highest BCUT2D eigenvalue weighted by molar-refractivity contribution is 6.32. The van der Waals surface area contributed by atoms with Gasteiger partial charge in [0.2, 0.25) is 11.8 Å². The number of methoxy groups -OCH3 is 1. The number of nitrogens with zero attached hydrogens (tertiary/aromatic N) is 1. The minimum atomic E-state index is -0.313. The van der Waals surface area contributed by atoms with Crippen LogP contribution >= 0.6 is 11.6 Å². The fraction of sp³-hybridized carbons (Fsp3) is 0.304. The number of carbonyl (C=O) groups excluding carboxylic acids is 2. The molecule has 0 saturated heterocycles. The summed E-state index contributed by atoms with van der Waals surface area (Å²) < 4.78 is 11.0. The highest BCUT2D eigenvalue weighted by Gasteiger charge is 2.14. The fourth-order valence-electron chi connectivity index (χ4n) is 2.61. The molecule has 0 heterocycles. The van der Waals surface area contributed by atoms with E-state index in [4.69, 9.17) is 21.1 Å². The van der Waals surface area contributed by atoms with Crippen LogP contribution in [0.1, 0.15) is 25.0 Å². The number of halogens is 1. The van der Waals surface area contributed by atoms with Gasteiger partial charge in [-0.1, -0.05) is 29.3 Å². The van der Waals surface area contributed by atoms with Crippen molar-refractivity contribution in [3.63, 3.8) is 0 Å². The van der Waals surface area contributed by atoms with Gasteiger partial charge in [0.15, 0.2) is 11.5 Å². The monoisotopic (exact) mass is 430 g/mol. The molecule has 2 aromatic rings. The zero-order valence-electron chi connectivity index (χ0n) is 17.9. The molecule has 0 fully saturated rings. The van der Waals surface area contributed by atoms with Crippen molar-refractivity contribution in [2.24, 2.45) is 0 Å². The molecule has 0 aliphatic rings. The number of aryl methyl sites for hydroxylation is 1. The Kier molecular flexibility index (Phi) is 8.30. The number of amides is 2. The Morgan fingerprint density at radius 2 is 1.87 bits per heavy atom. The van der Waals surface area contributed by atoms with Gasteiger partial charge in [-0.3, -0.25) is 9.59 Å². The molecule has 6 nitrogen and oxygen atoms in total. The minimum Gasteiger partial charge on any atom is -0.493 e. The van der Waals surface area contributed by atoms with Crippen molar-refractivity contribution in [3.8, 4) is 11.5 Å². The van der Waals surface area contributed by atoms with Crippen molar-refractivity contribution < 1.29 is 19.1 Å². The number of carbonyl (C=O) groups is 2. The molecule has 0 saturated carbocycles. The summed E-state index contributed by atoms with van der Waals surface area (Å²) in [6, 6.07) is 10.9. The van der Waals surface area contributed by atoms with E-state index in [9.17, 15) is 9.59 Å². The second kappa shape index (κ2) is 10.7. The molecule has 2 amide bonds. The lowest BCUT2D eigenvalue weighted by Gasteiger charge is -2.16. The summed E-state index contributed by atoms with van der Waals surface area (Å²) in [4.78, 5) is 25.9. The van der Waals surface area contributed by atoms with Gasteiger partial charge < -0.3 is 19.7 Å². The van der Waals surface area contributed by atoms with Crippen LogP contribution in [0.25, 0.3) is 6.08 Å². The van der Waals surface area contributed by atoms with Crippen LogP contribution in [0.4, 0.5) is 5.69 Å². The van der Waals surface area contributed by atoms with E-state index in [1.165, 1.54) is 18.1 Å². The smallest absolute Gasteiger partial charge is 0.246 e. The first-order chi connectivity index (χ1) is 14.2. The molecule has 0 unspecified atom stereocenters. The van der Waals surface area contributed by atoms with E-state index in [1.54, 1.807) is 25.3 Å². The van der Waals surface area contributed by atoms with E-state index in [2.05, 4.69) is 5.32 Å². The first-order valence-electron chi connectivity index (χ1n) is 9.53. The van der Waals surface area contributed by atoms with Crippen LogP contribution in [0.3, 0.4) is 0 Å². The molecule has 0 radical (unpaired) electrons. The third-order valence-corrected chi connectivity index (χ3v) is 4.40. The molecule has 0 spiro atoms. The van der Waals surface area contributed by atoms with Crippen molar-refractivity contribution in [1.29, 1.82) is 0 Å². The van der Waals surface area contributed by atoms with E-state index >= 15 is 0 Å². The summed E-state index contributed by atoms with van der Waals surface area (Å²) >= 11 is 6.30. The van der Waals surface area contributed by atoms with Crippen LogP contribution in [0.5, 0.6) is 11.5 Å². The van der Waals surface area contributed by atoms with Crippen LogP contribution in [0, 0.1) is 6.92 Å². The van der Waals surface area contributed by atoms with Gasteiger partial charge in [-0.05, 0) is 56.7 Å². The Bertz CT molecular complexity index is 924. The first-order valence-corrected chi connectivity index (χ1v) is 9.91. The zero-order valence-corrected chi connectivity index (χ0v) is 18.6. The Morgan fingerprint density at radius 3 is 2.47 bits per heavy atom.